The van der Waals surface area contributed by atoms with E-state index in [9.17, 15) is 14.4 Å². The maximum absolute atomic E-state index is 12.0. The molecule has 1 aromatic rings. The Balaban J connectivity index is 0.00000146. The number of esters is 2. The van der Waals surface area contributed by atoms with E-state index < -0.39 is 11.9 Å². The Labute approximate surface area is 461 Å². The highest BCUT2D eigenvalue weighted by molar-refractivity contribution is 5.94. The molecule has 0 spiro atoms. The van der Waals surface area contributed by atoms with Crippen molar-refractivity contribution >= 4 is 17.9 Å². The summed E-state index contributed by atoms with van der Waals surface area (Å²) in [6.45, 7) is 7.90. The maximum atomic E-state index is 12.0. The van der Waals surface area contributed by atoms with Gasteiger partial charge in [-0.2, -0.15) is 0 Å². The number of hydrogen-bond acceptors (Lipinski definition) is 5. The Hall–Kier alpha value is -2.37. The molecule has 74 heavy (non-hydrogen) atoms. The topological polar surface area (TPSA) is 89.9 Å². The number of rotatable bonds is 58. The van der Waals surface area contributed by atoms with Gasteiger partial charge in [0, 0.05) is 6.42 Å². The second-order valence-electron chi connectivity index (χ2n) is 22.7. The van der Waals surface area contributed by atoms with Crippen molar-refractivity contribution in [2.24, 2.45) is 0 Å². The summed E-state index contributed by atoms with van der Waals surface area (Å²) in [7, 11) is 0. The maximum Gasteiger partial charge on any atom is 0.338 e. The van der Waals surface area contributed by atoms with E-state index >= 15 is 0 Å². The van der Waals surface area contributed by atoms with Crippen LogP contribution in [0.1, 0.15) is 388 Å². The second kappa shape index (κ2) is 61.5. The lowest BCUT2D eigenvalue weighted by atomic mass is 10.0. The van der Waals surface area contributed by atoms with Crippen LogP contribution in [-0.2, 0) is 14.3 Å². The number of carbonyl (C=O) groups is 3. The summed E-state index contributed by atoms with van der Waals surface area (Å²) in [5, 5.41) is 9.00. The molecule has 0 saturated carbocycles. The molecule has 0 aliphatic carbocycles. The van der Waals surface area contributed by atoms with Crippen molar-refractivity contribution < 1.29 is 29.0 Å². The minimum atomic E-state index is -1.04. The van der Waals surface area contributed by atoms with E-state index in [0.29, 0.717) is 25.2 Å². The van der Waals surface area contributed by atoms with Gasteiger partial charge in [0.1, 0.15) is 0 Å². The van der Waals surface area contributed by atoms with Crippen LogP contribution in [0.3, 0.4) is 0 Å². The Morgan fingerprint density at radius 2 is 0.541 bits per heavy atom. The Morgan fingerprint density at radius 1 is 0.311 bits per heavy atom. The predicted octanol–water partition coefficient (Wildman–Crippen LogP) is 23.2. The van der Waals surface area contributed by atoms with Gasteiger partial charge in [0.25, 0.3) is 0 Å². The Kier molecular flexibility index (Phi) is 59.5. The van der Waals surface area contributed by atoms with Gasteiger partial charge in [-0.05, 0) is 37.5 Å². The summed E-state index contributed by atoms with van der Waals surface area (Å²) in [4.78, 5) is 34.9. The molecule has 0 fully saturated rings. The zero-order chi connectivity index (χ0) is 53.7. The first-order chi connectivity index (χ1) is 36.5. The van der Waals surface area contributed by atoms with Gasteiger partial charge in [-0.25, -0.2) is 9.59 Å². The molecule has 0 heterocycles. The van der Waals surface area contributed by atoms with Gasteiger partial charge in [-0.3, -0.25) is 4.79 Å². The summed E-state index contributed by atoms with van der Waals surface area (Å²) < 4.78 is 10.7. The third-order valence-electron chi connectivity index (χ3n) is 15.3. The standard InChI is InChI=1S/C38H76O2.C30H50O4/c1-3-5-7-9-11-13-15-17-18-19-20-21-22-23-25-27-29-31-33-35-37-40-38(39)36-34-32-30-28-26-24-16-14-12-10-8-6-4-2;1-2-3-4-5-6-7-8-9-10-11-12-13-14-15-16-17-18-19-20-21-25-34-30(33)28-24-22-23-27(26-28)29(31)32/h3-37H2,1-2H3;22-24,26H,2-21,25H2,1H3,(H,31,32). The van der Waals surface area contributed by atoms with Crippen LogP contribution in [0.2, 0.25) is 0 Å². The first kappa shape index (κ1) is 71.6. The lowest BCUT2D eigenvalue weighted by Crippen LogP contribution is -2.08. The molecule has 6 nitrogen and oxygen atoms in total. The number of hydrogen-bond donors (Lipinski definition) is 1. The molecule has 6 heteroatoms. The fourth-order valence-corrected chi connectivity index (χ4v) is 10.3. The Bertz CT molecular complexity index is 1290. The molecule has 0 aliphatic rings. The van der Waals surface area contributed by atoms with Crippen LogP contribution in [0.15, 0.2) is 24.3 Å². The number of benzene rings is 1. The largest absolute Gasteiger partial charge is 0.478 e. The van der Waals surface area contributed by atoms with E-state index in [1.54, 1.807) is 12.1 Å². The van der Waals surface area contributed by atoms with Gasteiger partial charge in [-0.15, -0.1) is 0 Å². The fourth-order valence-electron chi connectivity index (χ4n) is 10.3. The second-order valence-corrected chi connectivity index (χ2v) is 22.7. The van der Waals surface area contributed by atoms with Gasteiger partial charge in [-0.1, -0.05) is 348 Å². The molecule has 0 unspecified atom stereocenters. The quantitative estimate of drug-likeness (QED) is 0.0516. The smallest absolute Gasteiger partial charge is 0.338 e. The summed E-state index contributed by atoms with van der Waals surface area (Å²) >= 11 is 0. The van der Waals surface area contributed by atoms with Crippen molar-refractivity contribution in [3.8, 4) is 0 Å². The van der Waals surface area contributed by atoms with E-state index in [-0.39, 0.29) is 11.5 Å². The number of carboxylic acid groups (broad SMARTS) is 1. The molecule has 1 aromatic carbocycles. The molecule has 0 saturated heterocycles. The molecule has 0 amide bonds. The van der Waals surface area contributed by atoms with Crippen molar-refractivity contribution in [3.63, 3.8) is 0 Å². The summed E-state index contributed by atoms with van der Waals surface area (Å²) in [5.41, 5.74) is 0.404. The summed E-state index contributed by atoms with van der Waals surface area (Å²) in [5.74, 6) is -1.45. The van der Waals surface area contributed by atoms with Crippen LogP contribution in [0.5, 0.6) is 0 Å². The van der Waals surface area contributed by atoms with Crippen LogP contribution >= 0.6 is 0 Å². The van der Waals surface area contributed by atoms with Gasteiger partial charge in [0.15, 0.2) is 0 Å². The molecule has 0 aliphatic heterocycles. The van der Waals surface area contributed by atoms with E-state index in [2.05, 4.69) is 20.8 Å². The average Bonchev–Trinajstić information content (AvgIpc) is 3.41. The molecule has 434 valence electrons. The van der Waals surface area contributed by atoms with Gasteiger partial charge < -0.3 is 14.6 Å². The highest BCUT2D eigenvalue weighted by Crippen LogP contribution is 2.18. The number of ether oxygens (including phenoxy) is 2. The molecular weight excluding hydrogens is 913 g/mol. The van der Waals surface area contributed by atoms with E-state index in [4.69, 9.17) is 14.6 Å². The van der Waals surface area contributed by atoms with E-state index in [1.807, 2.05) is 0 Å². The van der Waals surface area contributed by atoms with Crippen molar-refractivity contribution in [3.05, 3.63) is 35.4 Å². The molecular formula is C68H126O6. The number of carboxylic acids is 1. The predicted molar refractivity (Wildman–Crippen MR) is 321 cm³/mol. The molecule has 1 rings (SSSR count). The van der Waals surface area contributed by atoms with Crippen molar-refractivity contribution in [2.75, 3.05) is 13.2 Å². The summed E-state index contributed by atoms with van der Waals surface area (Å²) in [6, 6.07) is 5.99. The third kappa shape index (κ3) is 55.9. The monoisotopic (exact) mass is 1040 g/mol. The first-order valence-electron chi connectivity index (χ1n) is 33.1. The zero-order valence-corrected chi connectivity index (χ0v) is 49.9. The number of aromatic carboxylic acids is 1. The zero-order valence-electron chi connectivity index (χ0n) is 49.9. The van der Waals surface area contributed by atoms with Crippen LogP contribution in [0, 0.1) is 0 Å². The van der Waals surface area contributed by atoms with Gasteiger partial charge >= 0.3 is 17.9 Å². The minimum Gasteiger partial charge on any atom is -0.478 e. The number of carbonyl (C=O) groups excluding carboxylic acids is 2. The molecule has 0 bridgehead atoms. The van der Waals surface area contributed by atoms with Crippen LogP contribution in [-0.4, -0.2) is 36.2 Å². The van der Waals surface area contributed by atoms with Crippen molar-refractivity contribution in [2.45, 2.75) is 367 Å². The molecule has 0 atom stereocenters. The lowest BCUT2D eigenvalue weighted by molar-refractivity contribution is -0.143. The Morgan fingerprint density at radius 3 is 0.811 bits per heavy atom. The van der Waals surface area contributed by atoms with Crippen molar-refractivity contribution in [1.29, 1.82) is 0 Å². The summed E-state index contributed by atoms with van der Waals surface area (Å²) in [6.07, 6.45) is 72.9. The van der Waals surface area contributed by atoms with E-state index in [1.165, 1.54) is 327 Å². The molecule has 0 aromatic heterocycles. The average molecular weight is 1040 g/mol. The SMILES string of the molecule is CCCCCCCCCCCCCCCCCCCCCCOC(=O)CCCCCCCCCCCCCCC.CCCCCCCCCCCCCCCCCCCCCCOC(=O)c1cccc(C(=O)O)c1. The molecule has 0 radical (unpaired) electrons. The van der Waals surface area contributed by atoms with Crippen LogP contribution < -0.4 is 0 Å². The third-order valence-corrected chi connectivity index (χ3v) is 15.3. The first-order valence-corrected chi connectivity index (χ1v) is 33.1. The van der Waals surface area contributed by atoms with Crippen LogP contribution in [0.4, 0.5) is 0 Å². The van der Waals surface area contributed by atoms with Gasteiger partial charge in [0.2, 0.25) is 0 Å². The van der Waals surface area contributed by atoms with Gasteiger partial charge in [0.05, 0.1) is 24.3 Å². The lowest BCUT2D eigenvalue weighted by Gasteiger charge is -2.06. The fraction of sp³-hybridized carbons (Fsp3) is 0.868. The normalized spacial score (nSPS) is 11.2. The highest BCUT2D eigenvalue weighted by Gasteiger charge is 2.11. The number of unbranched alkanes of at least 4 members (excludes halogenated alkanes) is 50. The van der Waals surface area contributed by atoms with Crippen molar-refractivity contribution in [1.82, 2.24) is 0 Å². The van der Waals surface area contributed by atoms with Crippen LogP contribution in [0.25, 0.3) is 0 Å². The van der Waals surface area contributed by atoms with E-state index in [0.717, 1.165) is 25.7 Å². The highest BCUT2D eigenvalue weighted by atomic mass is 16.5. The minimum absolute atomic E-state index is 0.0286. The molecule has 1 N–H and O–H groups in total.